The second-order valence-electron chi connectivity index (χ2n) is 15.9. The zero-order valence-corrected chi connectivity index (χ0v) is 32.1. The standard InChI is InChI=1S/C36H53N9O13/c46-19-10-25(43(16-19)34(56)22-4-1-7-37-22)31(53)38-13-28(49)41-8-2-5-23(41)35(57)44-17-20(47)11-26(44)32(54)39-14-29(50)42-9-3-6-24(42)36(58)45-18-21(48)12-27(45)33(55)40-15-30(51)52/h19-27,37,46-48H,1-18H2,(H,38,53)(H,39,54)(H,40,55)(H,51,52)/t19-,20-,21-,22+,23+,24+,25+,26+,27+/m1/s1. The van der Waals surface area contributed by atoms with Gasteiger partial charge in [-0.1, -0.05) is 0 Å². The summed E-state index contributed by atoms with van der Waals surface area (Å²) in [6.07, 6.45) is -0.335. The molecule has 0 unspecified atom stereocenters. The highest BCUT2D eigenvalue weighted by Gasteiger charge is 2.47. The minimum absolute atomic E-state index is 0.000231. The largest absolute Gasteiger partial charge is 0.480 e. The van der Waals surface area contributed by atoms with Gasteiger partial charge in [-0.3, -0.25) is 43.2 Å². The van der Waals surface area contributed by atoms with Crippen LogP contribution in [0.15, 0.2) is 0 Å². The van der Waals surface area contributed by atoms with E-state index in [0.29, 0.717) is 25.8 Å². The van der Waals surface area contributed by atoms with Crippen LogP contribution < -0.4 is 21.3 Å². The van der Waals surface area contributed by atoms with Gasteiger partial charge in [0.05, 0.1) is 37.4 Å². The van der Waals surface area contributed by atoms with E-state index in [1.165, 1.54) is 19.6 Å². The second kappa shape index (κ2) is 18.3. The third-order valence-electron chi connectivity index (χ3n) is 11.9. The molecule has 6 rings (SSSR count). The molecule has 0 radical (unpaired) electrons. The number of carbonyl (C=O) groups excluding carboxylic acids is 8. The molecule has 22 heteroatoms. The summed E-state index contributed by atoms with van der Waals surface area (Å²) in [6, 6.07) is -5.68. The molecule has 6 aliphatic heterocycles. The first-order valence-corrected chi connectivity index (χ1v) is 20.0. The number of nitrogens with zero attached hydrogens (tertiary/aromatic N) is 5. The Balaban J connectivity index is 1.01. The number of nitrogens with one attached hydrogen (secondary N) is 4. The van der Waals surface area contributed by atoms with E-state index in [4.69, 9.17) is 5.11 Å². The van der Waals surface area contributed by atoms with Crippen LogP contribution in [-0.4, -0.2) is 212 Å². The molecule has 0 aromatic carbocycles. The van der Waals surface area contributed by atoms with Crippen molar-refractivity contribution in [3.05, 3.63) is 0 Å². The number of carboxylic acids is 1. The van der Waals surface area contributed by atoms with Crippen molar-refractivity contribution in [2.45, 2.75) is 112 Å². The Hall–Kier alpha value is -4.93. The van der Waals surface area contributed by atoms with E-state index >= 15 is 0 Å². The fourth-order valence-electron chi connectivity index (χ4n) is 9.08. The molecule has 0 aromatic heterocycles. The normalized spacial score (nSPS) is 30.8. The van der Waals surface area contributed by atoms with Gasteiger partial charge in [-0.15, -0.1) is 0 Å². The summed E-state index contributed by atoms with van der Waals surface area (Å²) < 4.78 is 0. The summed E-state index contributed by atoms with van der Waals surface area (Å²) in [5, 5.41) is 50.3. The first kappa shape index (κ1) is 42.7. The lowest BCUT2D eigenvalue weighted by Crippen LogP contribution is -2.56. The van der Waals surface area contributed by atoms with Gasteiger partial charge in [-0.2, -0.15) is 0 Å². The number of hydrogen-bond acceptors (Lipinski definition) is 13. The number of hydrogen-bond donors (Lipinski definition) is 8. The van der Waals surface area contributed by atoms with Gasteiger partial charge < -0.3 is 66.2 Å². The molecule has 320 valence electrons. The van der Waals surface area contributed by atoms with Crippen LogP contribution in [0.1, 0.15) is 57.8 Å². The lowest BCUT2D eigenvalue weighted by Gasteiger charge is -2.32. The van der Waals surface area contributed by atoms with Crippen LogP contribution >= 0.6 is 0 Å². The van der Waals surface area contributed by atoms with Crippen LogP contribution in [0.2, 0.25) is 0 Å². The number of likely N-dealkylation sites (tertiary alicyclic amines) is 5. The highest BCUT2D eigenvalue weighted by atomic mass is 16.4. The maximum atomic E-state index is 13.9. The molecule has 9 atom stereocenters. The van der Waals surface area contributed by atoms with Crippen molar-refractivity contribution in [3.63, 3.8) is 0 Å². The molecule has 8 N–H and O–H groups in total. The molecular weight excluding hydrogens is 766 g/mol. The fraction of sp³-hybridized carbons (Fsp3) is 0.750. The third kappa shape index (κ3) is 9.34. The van der Waals surface area contributed by atoms with Crippen molar-refractivity contribution >= 4 is 53.2 Å². The van der Waals surface area contributed by atoms with E-state index in [0.717, 1.165) is 11.3 Å². The van der Waals surface area contributed by atoms with Gasteiger partial charge in [0.1, 0.15) is 36.8 Å². The van der Waals surface area contributed by atoms with E-state index < -0.39 is 122 Å². The highest BCUT2D eigenvalue weighted by Crippen LogP contribution is 2.28. The predicted molar refractivity (Wildman–Crippen MR) is 196 cm³/mol. The van der Waals surface area contributed by atoms with Crippen LogP contribution in [0.4, 0.5) is 0 Å². The smallest absolute Gasteiger partial charge is 0.322 e. The van der Waals surface area contributed by atoms with Crippen LogP contribution in [0.25, 0.3) is 0 Å². The molecule has 0 spiro atoms. The predicted octanol–water partition coefficient (Wildman–Crippen LogP) is -5.96. The van der Waals surface area contributed by atoms with Gasteiger partial charge in [0.25, 0.3) is 0 Å². The van der Waals surface area contributed by atoms with Gasteiger partial charge in [0, 0.05) is 52.0 Å². The number of β-amino-alcohol motifs (C(OH)–C–C–N with tert-alkyl or cyclic N) is 3. The van der Waals surface area contributed by atoms with E-state index in [1.54, 1.807) is 0 Å². The second-order valence-corrected chi connectivity index (χ2v) is 15.9. The Morgan fingerprint density at radius 1 is 0.500 bits per heavy atom. The van der Waals surface area contributed by atoms with Crippen molar-refractivity contribution in [3.8, 4) is 0 Å². The number of carbonyl (C=O) groups is 9. The number of amides is 8. The maximum absolute atomic E-state index is 13.9. The van der Waals surface area contributed by atoms with E-state index in [9.17, 15) is 58.5 Å². The summed E-state index contributed by atoms with van der Waals surface area (Å²) in [5.74, 6) is -6.00. The van der Waals surface area contributed by atoms with Gasteiger partial charge >= 0.3 is 5.97 Å². The monoisotopic (exact) mass is 819 g/mol. The molecule has 0 saturated carbocycles. The summed E-state index contributed by atoms with van der Waals surface area (Å²) >= 11 is 0. The van der Waals surface area contributed by atoms with E-state index in [2.05, 4.69) is 21.3 Å². The Morgan fingerprint density at radius 3 is 1.28 bits per heavy atom. The van der Waals surface area contributed by atoms with Crippen molar-refractivity contribution < 1.29 is 63.6 Å². The van der Waals surface area contributed by atoms with Gasteiger partial charge in [0.2, 0.25) is 47.3 Å². The molecule has 6 fully saturated rings. The molecule has 0 aliphatic carbocycles. The molecule has 6 heterocycles. The Labute approximate surface area is 333 Å². The van der Waals surface area contributed by atoms with E-state index in [-0.39, 0.29) is 70.7 Å². The minimum atomic E-state index is -1.28. The Kier molecular flexibility index (Phi) is 13.5. The lowest BCUT2D eigenvalue weighted by atomic mass is 10.1. The quantitative estimate of drug-likeness (QED) is 0.0910. The maximum Gasteiger partial charge on any atom is 0.322 e. The van der Waals surface area contributed by atoms with Crippen LogP contribution in [0.5, 0.6) is 0 Å². The molecule has 8 amide bonds. The van der Waals surface area contributed by atoms with Gasteiger partial charge in [0.15, 0.2) is 0 Å². The lowest BCUT2D eigenvalue weighted by molar-refractivity contribution is -0.148. The molecule has 0 bridgehead atoms. The molecule has 6 saturated heterocycles. The SMILES string of the molecule is O=C(O)CNC(=O)[C@@H]1C[C@@H](O)CN1C(=O)[C@@H]1CCCN1C(=O)CNC(=O)[C@@H]1C[C@@H](O)CN1C(=O)[C@@H]1CCCN1C(=O)CNC(=O)[C@@H]1C[C@@H](O)CN1C(=O)[C@@H]1CCCN1. The zero-order valence-electron chi connectivity index (χ0n) is 32.1. The average molecular weight is 820 g/mol. The van der Waals surface area contributed by atoms with Crippen LogP contribution in [0, 0.1) is 0 Å². The molecule has 22 nitrogen and oxygen atoms in total. The Bertz CT molecular complexity index is 1660. The van der Waals surface area contributed by atoms with Crippen molar-refractivity contribution in [2.75, 3.05) is 58.9 Å². The Morgan fingerprint density at radius 2 is 0.897 bits per heavy atom. The number of aliphatic hydroxyl groups excluding tert-OH is 3. The number of aliphatic hydroxyl groups is 3. The summed E-state index contributed by atoms with van der Waals surface area (Å²) in [5.41, 5.74) is 0. The first-order chi connectivity index (χ1) is 27.6. The van der Waals surface area contributed by atoms with Crippen molar-refractivity contribution in [1.29, 1.82) is 0 Å². The van der Waals surface area contributed by atoms with Crippen LogP contribution in [-0.2, 0) is 43.2 Å². The summed E-state index contributed by atoms with van der Waals surface area (Å²) in [6.45, 7) is -1.02. The first-order valence-electron chi connectivity index (χ1n) is 20.0. The molecular formula is C36H53N9O13. The molecule has 0 aromatic rings. The van der Waals surface area contributed by atoms with Crippen molar-refractivity contribution in [2.24, 2.45) is 0 Å². The zero-order chi connectivity index (χ0) is 41.8. The summed E-state index contributed by atoms with van der Waals surface area (Å²) in [4.78, 5) is 124. The fourth-order valence-corrected chi connectivity index (χ4v) is 9.08. The molecule has 58 heavy (non-hydrogen) atoms. The minimum Gasteiger partial charge on any atom is -0.480 e. The van der Waals surface area contributed by atoms with Gasteiger partial charge in [-0.05, 0) is 45.1 Å². The van der Waals surface area contributed by atoms with Crippen molar-refractivity contribution in [1.82, 2.24) is 45.8 Å². The third-order valence-corrected chi connectivity index (χ3v) is 11.9. The van der Waals surface area contributed by atoms with Gasteiger partial charge in [-0.25, -0.2) is 0 Å². The average Bonchev–Trinajstić information content (AvgIpc) is 4.04. The van der Waals surface area contributed by atoms with E-state index in [1.807, 2.05) is 0 Å². The number of rotatable bonds is 12. The highest BCUT2D eigenvalue weighted by molar-refractivity contribution is 5.97. The molecule has 6 aliphatic rings. The summed E-state index contributed by atoms with van der Waals surface area (Å²) in [7, 11) is 0. The van der Waals surface area contributed by atoms with Crippen LogP contribution in [0.3, 0.4) is 0 Å². The number of aliphatic carboxylic acids is 1. The number of carboxylic acid groups (broad SMARTS) is 1. The topological polar surface area (TPSA) is 299 Å².